The first-order valence-corrected chi connectivity index (χ1v) is 13.2. The van der Waals surface area contributed by atoms with Crippen LogP contribution in [0.25, 0.3) is 0 Å². The van der Waals surface area contributed by atoms with Crippen molar-refractivity contribution in [2.24, 2.45) is 11.7 Å². The van der Waals surface area contributed by atoms with Crippen LogP contribution in [0.15, 0.2) is 60.7 Å². The smallest absolute Gasteiger partial charge is 0.246 e. The first-order valence-electron chi connectivity index (χ1n) is 13.2. The number of piperazine rings is 1. The lowest BCUT2D eigenvalue weighted by Crippen LogP contribution is -2.62. The van der Waals surface area contributed by atoms with Gasteiger partial charge < -0.3 is 20.9 Å². The Kier molecular flexibility index (Phi) is 9.11. The van der Waals surface area contributed by atoms with E-state index in [9.17, 15) is 14.4 Å². The summed E-state index contributed by atoms with van der Waals surface area (Å²) in [7, 11) is 0. The summed E-state index contributed by atoms with van der Waals surface area (Å²) in [5.41, 5.74) is 8.17. The molecule has 2 aromatic rings. The molecule has 7 nitrogen and oxygen atoms in total. The monoisotopic (exact) mass is 490 g/mol. The number of nitrogens with one attached hydrogen (secondary N) is 1. The predicted molar refractivity (Wildman–Crippen MR) is 140 cm³/mol. The molecule has 192 valence electrons. The third kappa shape index (κ3) is 7.17. The van der Waals surface area contributed by atoms with Crippen LogP contribution >= 0.6 is 0 Å². The minimum atomic E-state index is -0.677. The Balaban J connectivity index is 1.38. The molecule has 0 radical (unpaired) electrons. The maximum absolute atomic E-state index is 13.5. The van der Waals surface area contributed by atoms with Gasteiger partial charge in [0, 0.05) is 25.6 Å². The van der Waals surface area contributed by atoms with E-state index >= 15 is 0 Å². The molecule has 2 aromatic carbocycles. The molecule has 1 saturated carbocycles. The van der Waals surface area contributed by atoms with Crippen molar-refractivity contribution in [1.82, 2.24) is 15.1 Å². The fourth-order valence-corrected chi connectivity index (χ4v) is 5.25. The molecular formula is C29H38N4O3. The van der Waals surface area contributed by atoms with Crippen LogP contribution in [0, 0.1) is 5.92 Å². The number of aryl methyl sites for hydroxylation is 1. The Morgan fingerprint density at radius 2 is 1.56 bits per heavy atom. The zero-order valence-electron chi connectivity index (χ0n) is 21.0. The fourth-order valence-electron chi connectivity index (χ4n) is 5.25. The van der Waals surface area contributed by atoms with E-state index in [2.05, 4.69) is 17.4 Å². The van der Waals surface area contributed by atoms with Crippen molar-refractivity contribution in [2.45, 2.75) is 57.0 Å². The Morgan fingerprint density at radius 3 is 2.22 bits per heavy atom. The first kappa shape index (κ1) is 25.9. The van der Waals surface area contributed by atoms with Crippen molar-refractivity contribution in [3.63, 3.8) is 0 Å². The molecule has 7 heteroatoms. The number of nitrogens with two attached hydrogens (primary N) is 1. The molecule has 1 aliphatic carbocycles. The quantitative estimate of drug-likeness (QED) is 0.535. The summed E-state index contributed by atoms with van der Waals surface area (Å²) in [6, 6.07) is 19.4. The largest absolute Gasteiger partial charge is 0.354 e. The second-order valence-corrected chi connectivity index (χ2v) is 10.2. The number of hydrogen-bond acceptors (Lipinski definition) is 4. The van der Waals surface area contributed by atoms with Gasteiger partial charge in [-0.15, -0.1) is 0 Å². The highest BCUT2D eigenvalue weighted by Gasteiger charge is 2.40. The number of nitrogens with zero attached hydrogens (tertiary/aromatic N) is 2. The molecule has 3 amide bonds. The molecule has 1 atom stereocenters. The van der Waals surface area contributed by atoms with E-state index in [1.807, 2.05) is 48.5 Å². The maximum atomic E-state index is 13.5. The Hall–Kier alpha value is -3.19. The fraction of sp³-hybridized carbons (Fsp3) is 0.483. The molecule has 2 aliphatic rings. The lowest BCUT2D eigenvalue weighted by Gasteiger charge is -2.40. The zero-order valence-corrected chi connectivity index (χ0v) is 21.0. The normalized spacial score (nSPS) is 22.5. The standard InChI is InChI=1S/C29H38N4O3/c30-25-15-13-24(14-16-25)19-31-27(34)20-33-26(18-23-10-5-2-6-11-23)29(36)32(21-28(33)35)17-7-12-22-8-3-1-4-9-22/h1-6,8-11,24-26H,7,12-21,30H2,(H,31,34). The minimum Gasteiger partial charge on any atom is -0.354 e. The van der Waals surface area contributed by atoms with Crippen LogP contribution in [0.2, 0.25) is 0 Å². The van der Waals surface area contributed by atoms with E-state index < -0.39 is 6.04 Å². The molecule has 2 fully saturated rings. The van der Waals surface area contributed by atoms with Crippen LogP contribution in [0.5, 0.6) is 0 Å². The second-order valence-electron chi connectivity index (χ2n) is 10.2. The van der Waals surface area contributed by atoms with Crippen molar-refractivity contribution in [3.8, 4) is 0 Å². The number of hydrogen-bond donors (Lipinski definition) is 2. The SMILES string of the molecule is NC1CCC(CNC(=O)CN2C(=O)CN(CCCc3ccccc3)C(=O)C2Cc2ccccc2)CC1. The Morgan fingerprint density at radius 1 is 0.917 bits per heavy atom. The molecular weight excluding hydrogens is 452 g/mol. The van der Waals surface area contributed by atoms with Crippen molar-refractivity contribution >= 4 is 17.7 Å². The number of amides is 3. The molecule has 1 heterocycles. The summed E-state index contributed by atoms with van der Waals surface area (Å²) in [6.07, 6.45) is 6.02. The van der Waals surface area contributed by atoms with Crippen molar-refractivity contribution in [2.75, 3.05) is 26.2 Å². The van der Waals surface area contributed by atoms with Crippen LogP contribution in [0.3, 0.4) is 0 Å². The summed E-state index contributed by atoms with van der Waals surface area (Å²) >= 11 is 0. The van der Waals surface area contributed by atoms with Gasteiger partial charge in [-0.1, -0.05) is 60.7 Å². The molecule has 0 bridgehead atoms. The highest BCUT2D eigenvalue weighted by molar-refractivity contribution is 5.97. The summed E-state index contributed by atoms with van der Waals surface area (Å²) in [5, 5.41) is 3.00. The van der Waals surface area contributed by atoms with Gasteiger partial charge in [0.25, 0.3) is 0 Å². The molecule has 0 spiro atoms. The predicted octanol–water partition coefficient (Wildman–Crippen LogP) is 2.54. The first-order chi connectivity index (χ1) is 17.5. The van der Waals surface area contributed by atoms with Gasteiger partial charge >= 0.3 is 0 Å². The van der Waals surface area contributed by atoms with Gasteiger partial charge in [0.1, 0.15) is 12.6 Å². The highest BCUT2D eigenvalue weighted by atomic mass is 16.2. The van der Waals surface area contributed by atoms with Gasteiger partial charge in [0.05, 0.1) is 6.54 Å². The average molecular weight is 491 g/mol. The molecule has 1 unspecified atom stereocenters. The highest BCUT2D eigenvalue weighted by Crippen LogP contribution is 2.22. The Bertz CT molecular complexity index is 1010. The van der Waals surface area contributed by atoms with Crippen LogP contribution in [0.1, 0.15) is 43.2 Å². The van der Waals surface area contributed by atoms with E-state index in [0.29, 0.717) is 25.4 Å². The molecule has 0 aromatic heterocycles. The van der Waals surface area contributed by atoms with Gasteiger partial charge in [-0.05, 0) is 55.6 Å². The lowest BCUT2D eigenvalue weighted by atomic mass is 9.86. The number of carbonyl (C=O) groups excluding carboxylic acids is 3. The van der Waals surface area contributed by atoms with E-state index in [4.69, 9.17) is 5.73 Å². The van der Waals surface area contributed by atoms with Crippen LogP contribution in [-0.2, 0) is 27.2 Å². The third-order valence-corrected chi connectivity index (χ3v) is 7.42. The molecule has 1 aliphatic heterocycles. The van der Waals surface area contributed by atoms with Crippen LogP contribution < -0.4 is 11.1 Å². The topological polar surface area (TPSA) is 95.7 Å². The van der Waals surface area contributed by atoms with Crippen molar-refractivity contribution in [3.05, 3.63) is 71.8 Å². The van der Waals surface area contributed by atoms with E-state index in [0.717, 1.165) is 44.1 Å². The van der Waals surface area contributed by atoms with E-state index in [1.54, 1.807) is 4.90 Å². The average Bonchev–Trinajstić information content (AvgIpc) is 2.90. The second kappa shape index (κ2) is 12.7. The summed E-state index contributed by atoms with van der Waals surface area (Å²) in [4.78, 5) is 42.7. The van der Waals surface area contributed by atoms with E-state index in [1.165, 1.54) is 10.5 Å². The van der Waals surface area contributed by atoms with Gasteiger partial charge in [0.15, 0.2) is 0 Å². The third-order valence-electron chi connectivity index (χ3n) is 7.42. The zero-order chi connectivity index (χ0) is 25.3. The van der Waals surface area contributed by atoms with Crippen LogP contribution in [-0.4, -0.2) is 65.8 Å². The minimum absolute atomic E-state index is 0.0205. The van der Waals surface area contributed by atoms with E-state index in [-0.39, 0.29) is 36.9 Å². The lowest BCUT2D eigenvalue weighted by molar-refractivity contribution is -0.157. The molecule has 3 N–H and O–H groups in total. The Labute approximate surface area is 214 Å². The van der Waals surface area contributed by atoms with Gasteiger partial charge in [0.2, 0.25) is 17.7 Å². The summed E-state index contributed by atoms with van der Waals surface area (Å²) < 4.78 is 0. The molecule has 36 heavy (non-hydrogen) atoms. The number of rotatable bonds is 10. The molecule has 4 rings (SSSR count). The number of carbonyl (C=O) groups is 3. The summed E-state index contributed by atoms with van der Waals surface area (Å²) in [6.45, 7) is 1.05. The van der Waals surface area contributed by atoms with Gasteiger partial charge in [-0.3, -0.25) is 14.4 Å². The van der Waals surface area contributed by atoms with Crippen molar-refractivity contribution in [1.29, 1.82) is 0 Å². The van der Waals surface area contributed by atoms with Gasteiger partial charge in [-0.25, -0.2) is 0 Å². The number of benzene rings is 2. The maximum Gasteiger partial charge on any atom is 0.246 e. The van der Waals surface area contributed by atoms with Crippen molar-refractivity contribution < 1.29 is 14.4 Å². The van der Waals surface area contributed by atoms with Crippen LogP contribution in [0.4, 0.5) is 0 Å². The summed E-state index contributed by atoms with van der Waals surface area (Å²) in [5.74, 6) is -0.0381. The molecule has 1 saturated heterocycles. The van der Waals surface area contributed by atoms with Gasteiger partial charge in [-0.2, -0.15) is 0 Å².